The predicted octanol–water partition coefficient (Wildman–Crippen LogP) is 4.81. The van der Waals surface area contributed by atoms with Crippen LogP contribution in [0.4, 0.5) is 14.6 Å². The molecule has 0 aliphatic rings. The molecule has 0 aliphatic heterocycles. The van der Waals surface area contributed by atoms with Crippen molar-refractivity contribution in [3.05, 3.63) is 63.9 Å². The Morgan fingerprint density at radius 1 is 1.04 bits per heavy atom. The zero-order chi connectivity index (χ0) is 19.4. The lowest BCUT2D eigenvalue weighted by atomic mass is 10.2. The van der Waals surface area contributed by atoms with Crippen molar-refractivity contribution in [2.24, 2.45) is 0 Å². The van der Waals surface area contributed by atoms with Gasteiger partial charge < -0.3 is 10.2 Å². The van der Waals surface area contributed by atoms with Gasteiger partial charge in [-0.1, -0.05) is 28.1 Å². The molecule has 0 fully saturated rings. The Hall–Kier alpha value is -2.38. The quantitative estimate of drug-likeness (QED) is 0.606. The fourth-order valence-electron chi connectivity index (χ4n) is 2.51. The van der Waals surface area contributed by atoms with Gasteiger partial charge in [0.25, 0.3) is 0 Å². The third kappa shape index (κ3) is 5.08. The number of hydrogen-bond acceptors (Lipinski definition) is 4. The first kappa shape index (κ1) is 19.4. The zero-order valence-electron chi connectivity index (χ0n) is 15.0. The maximum Gasteiger partial charge on any atom is 0.159 e. The van der Waals surface area contributed by atoms with Gasteiger partial charge in [0, 0.05) is 22.9 Å². The minimum absolute atomic E-state index is 0.488. The Labute approximate surface area is 165 Å². The van der Waals surface area contributed by atoms with E-state index in [2.05, 4.69) is 36.1 Å². The van der Waals surface area contributed by atoms with Crippen molar-refractivity contribution in [2.45, 2.75) is 0 Å². The summed E-state index contributed by atoms with van der Waals surface area (Å²) in [7, 11) is 4.01. The largest absolute Gasteiger partial charge is 0.368 e. The van der Waals surface area contributed by atoms with Crippen LogP contribution < -0.4 is 5.32 Å². The smallest absolute Gasteiger partial charge is 0.159 e. The molecular weight excluding hydrogens is 414 g/mol. The standard InChI is InChI=1S/C20H19BrF2N4/c1-27(2)10-9-24-20-15-12-14(21)5-7-18(15)25-19(26-20)8-4-13-3-6-16(22)17(23)11-13/h3-8,11-12H,9-10H2,1-2H3,(H,24,25,26). The lowest BCUT2D eigenvalue weighted by molar-refractivity contribution is 0.425. The molecule has 1 aromatic heterocycles. The molecule has 3 aromatic rings. The summed E-state index contributed by atoms with van der Waals surface area (Å²) in [6.45, 7) is 1.59. The van der Waals surface area contributed by atoms with E-state index in [0.29, 0.717) is 11.4 Å². The third-order valence-corrected chi connectivity index (χ3v) is 4.39. The van der Waals surface area contributed by atoms with Crippen molar-refractivity contribution in [1.29, 1.82) is 0 Å². The number of aromatic nitrogens is 2. The molecule has 0 radical (unpaired) electrons. The summed E-state index contributed by atoms with van der Waals surface area (Å²) >= 11 is 3.48. The second kappa shape index (κ2) is 8.54. The predicted molar refractivity (Wildman–Crippen MR) is 110 cm³/mol. The topological polar surface area (TPSA) is 41.0 Å². The molecule has 0 spiro atoms. The molecule has 0 amide bonds. The molecule has 2 aromatic carbocycles. The van der Waals surface area contributed by atoms with Crippen molar-refractivity contribution in [1.82, 2.24) is 14.9 Å². The summed E-state index contributed by atoms with van der Waals surface area (Å²) in [5.41, 5.74) is 1.33. The van der Waals surface area contributed by atoms with Gasteiger partial charge in [-0.25, -0.2) is 18.7 Å². The number of fused-ring (bicyclic) bond motifs is 1. The monoisotopic (exact) mass is 432 g/mol. The SMILES string of the molecule is CN(C)CCNc1nc(C=Cc2ccc(F)c(F)c2)nc2ccc(Br)cc12. The highest BCUT2D eigenvalue weighted by molar-refractivity contribution is 9.10. The molecule has 0 saturated carbocycles. The number of halogens is 3. The van der Waals surface area contributed by atoms with E-state index in [4.69, 9.17) is 0 Å². The molecule has 0 bridgehead atoms. The Morgan fingerprint density at radius 3 is 2.59 bits per heavy atom. The first-order valence-electron chi connectivity index (χ1n) is 8.41. The minimum Gasteiger partial charge on any atom is -0.368 e. The average Bonchev–Trinajstić information content (AvgIpc) is 2.62. The third-order valence-electron chi connectivity index (χ3n) is 3.90. The average molecular weight is 433 g/mol. The Morgan fingerprint density at radius 2 is 1.85 bits per heavy atom. The highest BCUT2D eigenvalue weighted by Gasteiger charge is 2.07. The van der Waals surface area contributed by atoms with Crippen molar-refractivity contribution in [3.63, 3.8) is 0 Å². The van der Waals surface area contributed by atoms with Gasteiger partial charge in [-0.2, -0.15) is 0 Å². The highest BCUT2D eigenvalue weighted by atomic mass is 79.9. The van der Waals surface area contributed by atoms with E-state index in [1.54, 1.807) is 12.2 Å². The number of benzene rings is 2. The molecule has 0 atom stereocenters. The van der Waals surface area contributed by atoms with E-state index in [1.807, 2.05) is 32.3 Å². The molecule has 0 unspecified atom stereocenters. The summed E-state index contributed by atoms with van der Waals surface area (Å²) in [6.07, 6.45) is 3.34. The number of nitrogens with one attached hydrogen (secondary N) is 1. The summed E-state index contributed by atoms with van der Waals surface area (Å²) in [5, 5.41) is 4.25. The van der Waals surface area contributed by atoms with Crippen LogP contribution in [0.25, 0.3) is 23.1 Å². The fraction of sp³-hybridized carbons (Fsp3) is 0.200. The van der Waals surface area contributed by atoms with Crippen LogP contribution in [0.5, 0.6) is 0 Å². The van der Waals surface area contributed by atoms with Gasteiger partial charge in [-0.05, 0) is 56.1 Å². The van der Waals surface area contributed by atoms with Crippen LogP contribution in [0, 0.1) is 11.6 Å². The minimum atomic E-state index is -0.882. The van der Waals surface area contributed by atoms with Gasteiger partial charge in [-0.15, -0.1) is 0 Å². The molecular formula is C20H19BrF2N4. The van der Waals surface area contributed by atoms with Crippen molar-refractivity contribution in [3.8, 4) is 0 Å². The van der Waals surface area contributed by atoms with Crippen LogP contribution in [0.15, 0.2) is 40.9 Å². The molecule has 7 heteroatoms. The summed E-state index contributed by atoms with van der Waals surface area (Å²) < 4.78 is 27.4. The van der Waals surface area contributed by atoms with Crippen molar-refractivity contribution in [2.75, 3.05) is 32.5 Å². The lowest BCUT2D eigenvalue weighted by Gasteiger charge is -2.13. The molecule has 0 aliphatic carbocycles. The van der Waals surface area contributed by atoms with Crippen LogP contribution in [-0.4, -0.2) is 42.1 Å². The number of hydrogen-bond donors (Lipinski definition) is 1. The van der Waals surface area contributed by atoms with Crippen LogP contribution in [-0.2, 0) is 0 Å². The molecule has 1 N–H and O–H groups in total. The van der Waals surface area contributed by atoms with Crippen molar-refractivity contribution >= 4 is 44.8 Å². The Kier molecular flexibility index (Phi) is 6.13. The van der Waals surface area contributed by atoms with Crippen LogP contribution >= 0.6 is 15.9 Å². The second-order valence-electron chi connectivity index (χ2n) is 6.33. The van der Waals surface area contributed by atoms with Crippen LogP contribution in [0.2, 0.25) is 0 Å². The van der Waals surface area contributed by atoms with Crippen LogP contribution in [0.3, 0.4) is 0 Å². The highest BCUT2D eigenvalue weighted by Crippen LogP contribution is 2.25. The summed E-state index contributed by atoms with van der Waals surface area (Å²) in [6, 6.07) is 9.54. The van der Waals surface area contributed by atoms with Gasteiger partial charge in [0.1, 0.15) is 5.82 Å². The van der Waals surface area contributed by atoms with E-state index >= 15 is 0 Å². The second-order valence-corrected chi connectivity index (χ2v) is 7.24. The maximum atomic E-state index is 13.4. The van der Waals surface area contributed by atoms with Gasteiger partial charge in [-0.3, -0.25) is 0 Å². The van der Waals surface area contributed by atoms with Gasteiger partial charge in [0.15, 0.2) is 17.5 Å². The summed E-state index contributed by atoms with van der Waals surface area (Å²) in [5.74, 6) is -0.533. The van der Waals surface area contributed by atoms with E-state index in [1.165, 1.54) is 6.07 Å². The molecule has 1 heterocycles. The number of nitrogens with zero attached hydrogens (tertiary/aromatic N) is 3. The number of likely N-dealkylation sites (N-methyl/N-ethyl adjacent to an activating group) is 1. The molecule has 27 heavy (non-hydrogen) atoms. The lowest BCUT2D eigenvalue weighted by Crippen LogP contribution is -2.21. The van der Waals surface area contributed by atoms with Crippen LogP contribution in [0.1, 0.15) is 11.4 Å². The normalized spacial score (nSPS) is 11.6. The first-order chi connectivity index (χ1) is 12.9. The molecule has 4 nitrogen and oxygen atoms in total. The van der Waals surface area contributed by atoms with E-state index in [-0.39, 0.29) is 0 Å². The molecule has 0 saturated heterocycles. The first-order valence-corrected chi connectivity index (χ1v) is 9.21. The zero-order valence-corrected chi connectivity index (χ0v) is 16.6. The summed E-state index contributed by atoms with van der Waals surface area (Å²) in [4.78, 5) is 11.2. The maximum absolute atomic E-state index is 13.4. The number of anilines is 1. The van der Waals surface area contributed by atoms with E-state index < -0.39 is 11.6 Å². The fourth-order valence-corrected chi connectivity index (χ4v) is 2.87. The van der Waals surface area contributed by atoms with Gasteiger partial charge in [0.2, 0.25) is 0 Å². The molecule has 140 valence electrons. The Bertz CT molecular complexity index is 989. The van der Waals surface area contributed by atoms with Gasteiger partial charge >= 0.3 is 0 Å². The van der Waals surface area contributed by atoms with E-state index in [0.717, 1.165) is 46.4 Å². The Balaban J connectivity index is 1.93. The number of rotatable bonds is 6. The van der Waals surface area contributed by atoms with Crippen molar-refractivity contribution < 1.29 is 8.78 Å². The van der Waals surface area contributed by atoms with E-state index in [9.17, 15) is 8.78 Å². The molecule has 3 rings (SSSR count). The van der Waals surface area contributed by atoms with Gasteiger partial charge in [0.05, 0.1) is 5.52 Å².